The van der Waals surface area contributed by atoms with Crippen LogP contribution in [0.25, 0.3) is 0 Å². The van der Waals surface area contributed by atoms with E-state index in [0.29, 0.717) is 18.0 Å². The standard InChI is InChI=1S/C27H32N2O4S2/c1-6-33-26-10-8-7-9-25(26)29(35(31,32)23-15-13-22(34-5)14-16-23)18-27(30)28-21(4)24-17-19(2)11-12-20(24)3/h7-17,21H,6,18H2,1-5H3,(H,28,30). The van der Waals surface area contributed by atoms with Gasteiger partial charge in [0.05, 0.1) is 23.2 Å². The Balaban J connectivity index is 1.97. The molecule has 1 N–H and O–H groups in total. The van der Waals surface area contributed by atoms with E-state index in [1.165, 1.54) is 11.8 Å². The predicted molar refractivity (Wildman–Crippen MR) is 143 cm³/mol. The molecule has 0 aliphatic rings. The molecular formula is C27H32N2O4S2. The van der Waals surface area contributed by atoms with E-state index in [9.17, 15) is 13.2 Å². The molecule has 0 radical (unpaired) electrons. The molecule has 0 spiro atoms. The highest BCUT2D eigenvalue weighted by molar-refractivity contribution is 7.98. The molecule has 3 aromatic rings. The topological polar surface area (TPSA) is 75.7 Å². The molecule has 6 nitrogen and oxygen atoms in total. The highest BCUT2D eigenvalue weighted by atomic mass is 32.2. The Labute approximate surface area is 212 Å². The van der Waals surface area contributed by atoms with Gasteiger partial charge in [-0.1, -0.05) is 35.9 Å². The third kappa shape index (κ3) is 6.38. The number of ether oxygens (including phenoxy) is 1. The number of anilines is 1. The summed E-state index contributed by atoms with van der Waals surface area (Å²) in [5, 5.41) is 2.97. The molecule has 0 heterocycles. The Morgan fingerprint density at radius 2 is 1.74 bits per heavy atom. The lowest BCUT2D eigenvalue weighted by atomic mass is 10.00. The third-order valence-electron chi connectivity index (χ3n) is 5.65. The maximum absolute atomic E-state index is 13.8. The molecular weight excluding hydrogens is 480 g/mol. The summed E-state index contributed by atoms with van der Waals surface area (Å²) in [5.74, 6) is -0.0105. The molecule has 0 fully saturated rings. The molecule has 0 aromatic heterocycles. The smallest absolute Gasteiger partial charge is 0.264 e. The van der Waals surface area contributed by atoms with E-state index in [1.807, 2.05) is 52.1 Å². The Bertz CT molecular complexity index is 1270. The summed E-state index contributed by atoms with van der Waals surface area (Å²) in [7, 11) is -4.05. The summed E-state index contributed by atoms with van der Waals surface area (Å²) in [6, 6.07) is 19.3. The van der Waals surface area contributed by atoms with Crippen molar-refractivity contribution in [2.24, 2.45) is 0 Å². The molecule has 1 amide bonds. The number of benzene rings is 3. The van der Waals surface area contributed by atoms with Gasteiger partial charge in [0.2, 0.25) is 5.91 Å². The maximum atomic E-state index is 13.8. The van der Waals surface area contributed by atoms with Gasteiger partial charge in [0, 0.05) is 4.90 Å². The molecule has 1 unspecified atom stereocenters. The fourth-order valence-electron chi connectivity index (χ4n) is 3.84. The van der Waals surface area contributed by atoms with Crippen LogP contribution in [0.4, 0.5) is 5.69 Å². The molecule has 8 heteroatoms. The quantitative estimate of drug-likeness (QED) is 0.363. The van der Waals surface area contributed by atoms with Gasteiger partial charge in [0.15, 0.2) is 0 Å². The summed E-state index contributed by atoms with van der Waals surface area (Å²) in [4.78, 5) is 14.3. The summed E-state index contributed by atoms with van der Waals surface area (Å²) < 4.78 is 34.4. The molecule has 0 saturated carbocycles. The minimum absolute atomic E-state index is 0.108. The fraction of sp³-hybridized carbons (Fsp3) is 0.296. The van der Waals surface area contributed by atoms with E-state index >= 15 is 0 Å². The molecule has 1 atom stereocenters. The molecule has 35 heavy (non-hydrogen) atoms. The van der Waals surface area contributed by atoms with Crippen molar-refractivity contribution in [1.29, 1.82) is 0 Å². The van der Waals surface area contributed by atoms with Gasteiger partial charge in [-0.15, -0.1) is 11.8 Å². The van der Waals surface area contributed by atoms with E-state index in [0.717, 1.165) is 25.9 Å². The zero-order valence-corrected chi connectivity index (χ0v) is 22.4. The van der Waals surface area contributed by atoms with Gasteiger partial charge in [-0.25, -0.2) is 8.42 Å². The van der Waals surface area contributed by atoms with Crippen LogP contribution < -0.4 is 14.4 Å². The number of carbonyl (C=O) groups excluding carboxylic acids is 1. The Morgan fingerprint density at radius 1 is 1.06 bits per heavy atom. The largest absolute Gasteiger partial charge is 0.492 e. The molecule has 3 aromatic carbocycles. The maximum Gasteiger partial charge on any atom is 0.264 e. The monoisotopic (exact) mass is 512 g/mol. The minimum atomic E-state index is -4.05. The van der Waals surface area contributed by atoms with Gasteiger partial charge in [-0.2, -0.15) is 0 Å². The number of carbonyl (C=O) groups is 1. The molecule has 186 valence electrons. The number of para-hydroxylation sites is 2. The summed E-state index contributed by atoms with van der Waals surface area (Å²) >= 11 is 1.53. The number of nitrogens with one attached hydrogen (secondary N) is 1. The Kier molecular flexibility index (Phi) is 8.86. The van der Waals surface area contributed by atoms with Gasteiger partial charge in [0.1, 0.15) is 12.3 Å². The first-order valence-electron chi connectivity index (χ1n) is 11.4. The molecule has 0 aliphatic heterocycles. The van der Waals surface area contributed by atoms with Crippen molar-refractivity contribution in [2.45, 2.75) is 43.5 Å². The summed E-state index contributed by atoms with van der Waals surface area (Å²) in [5.41, 5.74) is 3.46. The van der Waals surface area contributed by atoms with Crippen LogP contribution in [-0.4, -0.2) is 33.7 Å². The number of hydrogen-bond donors (Lipinski definition) is 1. The van der Waals surface area contributed by atoms with E-state index in [4.69, 9.17) is 4.74 Å². The lowest BCUT2D eigenvalue weighted by molar-refractivity contribution is -0.120. The van der Waals surface area contributed by atoms with Crippen molar-refractivity contribution < 1.29 is 17.9 Å². The van der Waals surface area contributed by atoms with Gasteiger partial charge < -0.3 is 10.1 Å². The Morgan fingerprint density at radius 3 is 2.40 bits per heavy atom. The fourth-order valence-corrected chi connectivity index (χ4v) is 5.68. The lowest BCUT2D eigenvalue weighted by Gasteiger charge is -2.27. The SMILES string of the molecule is CCOc1ccccc1N(CC(=O)NC(C)c1cc(C)ccc1C)S(=O)(=O)c1ccc(SC)cc1. The number of amides is 1. The minimum Gasteiger partial charge on any atom is -0.492 e. The number of hydrogen-bond acceptors (Lipinski definition) is 5. The first-order valence-corrected chi connectivity index (χ1v) is 14.1. The highest BCUT2D eigenvalue weighted by Crippen LogP contribution is 2.33. The van der Waals surface area contributed by atoms with E-state index in [1.54, 1.807) is 48.5 Å². The second kappa shape index (κ2) is 11.6. The van der Waals surface area contributed by atoms with Crippen molar-refractivity contribution >= 4 is 33.4 Å². The number of aryl methyl sites for hydroxylation is 2. The molecule has 0 aliphatic carbocycles. The third-order valence-corrected chi connectivity index (χ3v) is 8.16. The van der Waals surface area contributed by atoms with Crippen molar-refractivity contribution in [3.8, 4) is 5.75 Å². The van der Waals surface area contributed by atoms with Crippen LogP contribution in [0.15, 0.2) is 76.5 Å². The van der Waals surface area contributed by atoms with Crippen LogP contribution in [0, 0.1) is 13.8 Å². The number of thioether (sulfide) groups is 1. The second-order valence-corrected chi connectivity index (χ2v) is 11.0. The average molecular weight is 513 g/mol. The van der Waals surface area contributed by atoms with Crippen molar-refractivity contribution in [1.82, 2.24) is 5.32 Å². The summed E-state index contributed by atoms with van der Waals surface area (Å²) in [6.45, 7) is 7.70. The van der Waals surface area contributed by atoms with E-state index < -0.39 is 15.9 Å². The number of rotatable bonds is 10. The predicted octanol–water partition coefficient (Wildman–Crippen LogP) is 5.50. The van der Waals surface area contributed by atoms with E-state index in [2.05, 4.69) is 5.32 Å². The first-order chi connectivity index (χ1) is 16.7. The van der Waals surface area contributed by atoms with Crippen LogP contribution in [0.3, 0.4) is 0 Å². The normalized spacial score (nSPS) is 12.1. The first kappa shape index (κ1) is 26.6. The van der Waals surface area contributed by atoms with Gasteiger partial charge in [-0.05, 0) is 81.5 Å². The van der Waals surface area contributed by atoms with Crippen molar-refractivity contribution in [3.05, 3.63) is 83.4 Å². The average Bonchev–Trinajstić information content (AvgIpc) is 2.84. The van der Waals surface area contributed by atoms with Crippen molar-refractivity contribution in [2.75, 3.05) is 23.7 Å². The number of sulfonamides is 1. The van der Waals surface area contributed by atoms with Gasteiger partial charge in [-0.3, -0.25) is 9.10 Å². The van der Waals surface area contributed by atoms with Gasteiger partial charge >= 0.3 is 0 Å². The Hall–Kier alpha value is -2.97. The molecule has 0 saturated heterocycles. The number of nitrogens with zero attached hydrogens (tertiary/aromatic N) is 1. The van der Waals surface area contributed by atoms with Crippen LogP contribution in [0.5, 0.6) is 5.75 Å². The zero-order chi connectivity index (χ0) is 25.6. The van der Waals surface area contributed by atoms with Crippen LogP contribution in [-0.2, 0) is 14.8 Å². The van der Waals surface area contributed by atoms with Crippen LogP contribution in [0.1, 0.15) is 36.6 Å². The van der Waals surface area contributed by atoms with Gasteiger partial charge in [0.25, 0.3) is 10.0 Å². The van der Waals surface area contributed by atoms with Crippen LogP contribution >= 0.6 is 11.8 Å². The van der Waals surface area contributed by atoms with Crippen molar-refractivity contribution in [3.63, 3.8) is 0 Å². The second-order valence-electron chi connectivity index (χ2n) is 8.24. The highest BCUT2D eigenvalue weighted by Gasteiger charge is 2.30. The molecule has 0 bridgehead atoms. The van der Waals surface area contributed by atoms with E-state index in [-0.39, 0.29) is 17.5 Å². The lowest BCUT2D eigenvalue weighted by Crippen LogP contribution is -2.41. The van der Waals surface area contributed by atoms with Crippen LogP contribution in [0.2, 0.25) is 0 Å². The summed E-state index contributed by atoms with van der Waals surface area (Å²) in [6.07, 6.45) is 1.93. The zero-order valence-electron chi connectivity index (χ0n) is 20.7. The molecule has 3 rings (SSSR count).